The van der Waals surface area contributed by atoms with E-state index in [-0.39, 0.29) is 12.4 Å². The van der Waals surface area contributed by atoms with E-state index in [0.29, 0.717) is 16.6 Å². The number of rotatable bonds is 4. The summed E-state index contributed by atoms with van der Waals surface area (Å²) in [4.78, 5) is 0. The molecule has 0 radical (unpaired) electrons. The van der Waals surface area contributed by atoms with Gasteiger partial charge >= 0.3 is 0 Å². The number of nitrogens with one attached hydrogen (secondary N) is 1. The van der Waals surface area contributed by atoms with Crippen LogP contribution in [0.3, 0.4) is 0 Å². The van der Waals surface area contributed by atoms with Crippen molar-refractivity contribution < 1.29 is 9.13 Å². The maximum Gasteiger partial charge on any atom is 0.131 e. The van der Waals surface area contributed by atoms with Gasteiger partial charge in [0.25, 0.3) is 0 Å². The zero-order chi connectivity index (χ0) is 14.8. The normalized spacial score (nSPS) is 16.8. The molecule has 4 heteroatoms. The molecule has 1 unspecified atom stereocenters. The maximum absolute atomic E-state index is 13.7. The smallest absolute Gasteiger partial charge is 0.131 e. The van der Waals surface area contributed by atoms with Crippen LogP contribution in [0.15, 0.2) is 36.4 Å². The molecule has 0 saturated heterocycles. The van der Waals surface area contributed by atoms with Crippen molar-refractivity contribution in [2.75, 3.05) is 7.05 Å². The second-order valence-electron chi connectivity index (χ2n) is 5.23. The molecule has 1 aliphatic carbocycles. The van der Waals surface area contributed by atoms with Gasteiger partial charge in [-0.05, 0) is 55.3 Å². The van der Waals surface area contributed by atoms with E-state index in [2.05, 4.69) is 11.4 Å². The third-order valence-electron chi connectivity index (χ3n) is 3.99. The van der Waals surface area contributed by atoms with Gasteiger partial charge in [-0.1, -0.05) is 23.7 Å². The summed E-state index contributed by atoms with van der Waals surface area (Å²) in [6, 6.07) is 11.1. The molecule has 2 nitrogen and oxygen atoms in total. The van der Waals surface area contributed by atoms with Crippen LogP contribution in [-0.4, -0.2) is 7.05 Å². The predicted molar refractivity (Wildman–Crippen MR) is 82.3 cm³/mol. The molecule has 0 heterocycles. The summed E-state index contributed by atoms with van der Waals surface area (Å²) in [5.41, 5.74) is 3.02. The van der Waals surface area contributed by atoms with Gasteiger partial charge in [0.1, 0.15) is 18.2 Å². The van der Waals surface area contributed by atoms with E-state index in [4.69, 9.17) is 16.3 Å². The molecule has 110 valence electrons. The minimum atomic E-state index is -0.334. The summed E-state index contributed by atoms with van der Waals surface area (Å²) in [5, 5.41) is 3.70. The summed E-state index contributed by atoms with van der Waals surface area (Å²) in [6.45, 7) is 0.139. The van der Waals surface area contributed by atoms with Gasteiger partial charge in [-0.3, -0.25) is 0 Å². The van der Waals surface area contributed by atoms with E-state index in [1.807, 2.05) is 19.2 Å². The van der Waals surface area contributed by atoms with E-state index in [1.165, 1.54) is 17.2 Å². The SMILES string of the molecule is CNC1CCc2cc(OCc3c(F)cccc3Cl)ccc21. The van der Waals surface area contributed by atoms with Crippen LogP contribution >= 0.6 is 11.6 Å². The van der Waals surface area contributed by atoms with Crippen LogP contribution in [-0.2, 0) is 13.0 Å². The average molecular weight is 306 g/mol. The van der Waals surface area contributed by atoms with Crippen molar-refractivity contribution in [3.63, 3.8) is 0 Å². The minimum absolute atomic E-state index is 0.139. The van der Waals surface area contributed by atoms with Gasteiger partial charge in [0.2, 0.25) is 0 Å². The Balaban J connectivity index is 1.75. The summed E-state index contributed by atoms with van der Waals surface area (Å²) >= 11 is 6.00. The zero-order valence-electron chi connectivity index (χ0n) is 11.8. The van der Waals surface area contributed by atoms with Crippen molar-refractivity contribution in [3.05, 3.63) is 63.9 Å². The van der Waals surface area contributed by atoms with E-state index >= 15 is 0 Å². The van der Waals surface area contributed by atoms with Crippen molar-refractivity contribution in [1.29, 1.82) is 0 Å². The number of hydrogen-bond donors (Lipinski definition) is 1. The lowest BCUT2D eigenvalue weighted by Gasteiger charge is -2.12. The number of hydrogen-bond acceptors (Lipinski definition) is 2. The molecular formula is C17H17ClFNO. The fourth-order valence-corrected chi connectivity index (χ4v) is 3.03. The molecule has 0 fully saturated rings. The number of benzene rings is 2. The summed E-state index contributed by atoms with van der Waals surface area (Å²) in [6.07, 6.45) is 2.15. The number of halogens is 2. The lowest BCUT2D eigenvalue weighted by Crippen LogP contribution is -2.12. The quantitative estimate of drug-likeness (QED) is 0.911. The molecule has 3 rings (SSSR count). The maximum atomic E-state index is 13.7. The van der Waals surface area contributed by atoms with Gasteiger partial charge < -0.3 is 10.1 Å². The highest BCUT2D eigenvalue weighted by atomic mass is 35.5. The lowest BCUT2D eigenvalue weighted by molar-refractivity contribution is 0.299. The highest BCUT2D eigenvalue weighted by molar-refractivity contribution is 6.31. The van der Waals surface area contributed by atoms with Crippen LogP contribution in [0.2, 0.25) is 5.02 Å². The summed E-state index contributed by atoms with van der Waals surface area (Å²) < 4.78 is 19.4. The van der Waals surface area contributed by atoms with Gasteiger partial charge in [-0.15, -0.1) is 0 Å². The molecule has 0 amide bonds. The number of ether oxygens (including phenoxy) is 1. The van der Waals surface area contributed by atoms with Gasteiger partial charge in [0.05, 0.1) is 5.02 Å². The second kappa shape index (κ2) is 6.04. The van der Waals surface area contributed by atoms with Crippen LogP contribution in [0.1, 0.15) is 29.2 Å². The van der Waals surface area contributed by atoms with E-state index < -0.39 is 0 Å². The van der Waals surface area contributed by atoms with Crippen molar-refractivity contribution in [3.8, 4) is 5.75 Å². The van der Waals surface area contributed by atoms with E-state index in [1.54, 1.807) is 12.1 Å². The number of aryl methyl sites for hydroxylation is 1. The summed E-state index contributed by atoms with van der Waals surface area (Å²) in [5.74, 6) is 0.420. The topological polar surface area (TPSA) is 21.3 Å². The molecule has 1 atom stereocenters. The van der Waals surface area contributed by atoms with Gasteiger partial charge in [-0.25, -0.2) is 4.39 Å². The Morgan fingerprint density at radius 2 is 2.19 bits per heavy atom. The third kappa shape index (κ3) is 2.89. The Bertz CT molecular complexity index is 639. The van der Waals surface area contributed by atoms with Crippen molar-refractivity contribution in [2.45, 2.75) is 25.5 Å². The molecule has 1 aliphatic rings. The average Bonchev–Trinajstić information content (AvgIpc) is 2.89. The first-order chi connectivity index (χ1) is 10.2. The Kier molecular flexibility index (Phi) is 4.13. The largest absolute Gasteiger partial charge is 0.489 e. The van der Waals surface area contributed by atoms with Crippen molar-refractivity contribution >= 4 is 11.6 Å². The van der Waals surface area contributed by atoms with Gasteiger partial charge in [0, 0.05) is 11.6 Å². The molecule has 0 bridgehead atoms. The molecule has 2 aromatic carbocycles. The molecule has 1 N–H and O–H groups in total. The Morgan fingerprint density at radius 1 is 1.33 bits per heavy atom. The summed E-state index contributed by atoms with van der Waals surface area (Å²) in [7, 11) is 1.98. The predicted octanol–water partition coefficient (Wildman–Crippen LogP) is 4.26. The molecule has 0 aliphatic heterocycles. The van der Waals surface area contributed by atoms with Crippen molar-refractivity contribution in [1.82, 2.24) is 5.32 Å². The molecule has 0 aromatic heterocycles. The molecular weight excluding hydrogens is 289 g/mol. The molecule has 0 spiro atoms. The Labute approximate surface area is 128 Å². The van der Waals surface area contributed by atoms with E-state index in [0.717, 1.165) is 18.6 Å². The highest BCUT2D eigenvalue weighted by Crippen LogP contribution is 2.33. The molecule has 2 aromatic rings. The third-order valence-corrected chi connectivity index (χ3v) is 4.34. The lowest BCUT2D eigenvalue weighted by atomic mass is 10.1. The first-order valence-electron chi connectivity index (χ1n) is 7.05. The standard InChI is InChI=1S/C17H17ClFNO/c1-20-17-8-5-11-9-12(6-7-13(11)17)21-10-14-15(18)3-2-4-16(14)19/h2-4,6-7,9,17,20H,5,8,10H2,1H3. The van der Waals surface area contributed by atoms with Gasteiger partial charge in [-0.2, -0.15) is 0 Å². The first-order valence-corrected chi connectivity index (χ1v) is 7.42. The highest BCUT2D eigenvalue weighted by Gasteiger charge is 2.21. The van der Waals surface area contributed by atoms with Crippen LogP contribution in [0, 0.1) is 5.82 Å². The Morgan fingerprint density at radius 3 is 2.95 bits per heavy atom. The van der Waals surface area contributed by atoms with Crippen LogP contribution < -0.4 is 10.1 Å². The fourth-order valence-electron chi connectivity index (χ4n) is 2.81. The van der Waals surface area contributed by atoms with Crippen molar-refractivity contribution in [2.24, 2.45) is 0 Å². The van der Waals surface area contributed by atoms with E-state index in [9.17, 15) is 4.39 Å². The molecule has 0 saturated carbocycles. The first kappa shape index (κ1) is 14.4. The zero-order valence-corrected chi connectivity index (χ0v) is 12.6. The minimum Gasteiger partial charge on any atom is -0.489 e. The monoisotopic (exact) mass is 305 g/mol. The fraction of sp³-hybridized carbons (Fsp3) is 0.294. The Hall–Kier alpha value is -1.58. The molecule has 21 heavy (non-hydrogen) atoms. The number of fused-ring (bicyclic) bond motifs is 1. The second-order valence-corrected chi connectivity index (χ2v) is 5.64. The van der Waals surface area contributed by atoms with Crippen LogP contribution in [0.25, 0.3) is 0 Å². The van der Waals surface area contributed by atoms with Gasteiger partial charge in [0.15, 0.2) is 0 Å². The van der Waals surface area contributed by atoms with Crippen LogP contribution in [0.4, 0.5) is 4.39 Å². The van der Waals surface area contributed by atoms with Crippen LogP contribution in [0.5, 0.6) is 5.75 Å².